The molecule has 2 N–H and O–H groups in total. The highest BCUT2D eigenvalue weighted by Gasteiger charge is 2.36. The Kier molecular flexibility index (Phi) is 4.04. The number of alkyl halides is 3. The molecule has 0 aliphatic heterocycles. The van der Waals surface area contributed by atoms with Gasteiger partial charge < -0.3 is 5.73 Å². The number of benzene rings is 1. The minimum Gasteiger partial charge on any atom is -0.383 e. The third-order valence-corrected chi connectivity index (χ3v) is 3.36. The highest BCUT2D eigenvalue weighted by Crippen LogP contribution is 2.45. The Labute approximate surface area is 127 Å². The molecule has 2 rings (SSSR count). The van der Waals surface area contributed by atoms with Gasteiger partial charge in [0.15, 0.2) is 0 Å². The minimum atomic E-state index is -4.61. The van der Waals surface area contributed by atoms with Crippen LogP contribution >= 0.6 is 34.8 Å². The van der Waals surface area contributed by atoms with Gasteiger partial charge in [-0.3, -0.25) is 0 Å². The summed E-state index contributed by atoms with van der Waals surface area (Å²) in [6.07, 6.45) is -3.64. The van der Waals surface area contributed by atoms with Crippen LogP contribution < -0.4 is 5.73 Å². The van der Waals surface area contributed by atoms with E-state index in [4.69, 9.17) is 40.5 Å². The van der Waals surface area contributed by atoms with Gasteiger partial charge in [0.2, 0.25) is 0 Å². The number of nitrogen functional groups attached to an aromatic ring is 1. The summed E-state index contributed by atoms with van der Waals surface area (Å²) in [5.74, 6) is -0.314. The van der Waals surface area contributed by atoms with Crippen molar-refractivity contribution in [2.45, 2.75) is 6.18 Å². The summed E-state index contributed by atoms with van der Waals surface area (Å²) in [5.41, 5.74) is 4.20. The highest BCUT2D eigenvalue weighted by molar-refractivity contribution is 6.42. The van der Waals surface area contributed by atoms with Crippen molar-refractivity contribution in [3.63, 3.8) is 0 Å². The van der Waals surface area contributed by atoms with Crippen LogP contribution in [0.15, 0.2) is 24.4 Å². The lowest BCUT2D eigenvalue weighted by atomic mass is 10.00. The number of pyridine rings is 1. The Bertz CT molecular complexity index is 648. The first-order chi connectivity index (χ1) is 9.21. The molecule has 0 atom stereocenters. The lowest BCUT2D eigenvalue weighted by molar-refractivity contribution is -0.137. The molecule has 2 aromatic rings. The molecule has 1 heterocycles. The van der Waals surface area contributed by atoms with Gasteiger partial charge in [-0.2, -0.15) is 13.2 Å². The van der Waals surface area contributed by atoms with Gasteiger partial charge in [-0.15, -0.1) is 0 Å². The van der Waals surface area contributed by atoms with Gasteiger partial charge in [0, 0.05) is 22.3 Å². The number of aromatic nitrogens is 1. The van der Waals surface area contributed by atoms with Crippen molar-refractivity contribution in [2.24, 2.45) is 0 Å². The molecule has 0 aliphatic rings. The smallest absolute Gasteiger partial charge is 0.383 e. The third-order valence-electron chi connectivity index (χ3n) is 2.54. The molecule has 0 amide bonds. The molecule has 8 heteroatoms. The standard InChI is InChI=1S/C12H6Cl3F3N2/c13-5-3-7(14)10(8(15)4-5)9-6(12(16,17)18)1-2-20-11(9)19/h1-4H,(H2,19,20). The number of hydrogen-bond acceptors (Lipinski definition) is 2. The van der Waals surface area contributed by atoms with Gasteiger partial charge in [0.1, 0.15) is 5.82 Å². The number of nitrogens with two attached hydrogens (primary N) is 1. The summed E-state index contributed by atoms with van der Waals surface area (Å²) in [5, 5.41) is 0.139. The zero-order chi connectivity index (χ0) is 15.1. The van der Waals surface area contributed by atoms with Crippen molar-refractivity contribution in [3.05, 3.63) is 45.0 Å². The first-order valence-electron chi connectivity index (χ1n) is 5.18. The van der Waals surface area contributed by atoms with E-state index in [-0.39, 0.29) is 32.0 Å². The predicted octanol–water partition coefficient (Wildman–Crippen LogP) is 5.31. The van der Waals surface area contributed by atoms with Gasteiger partial charge in [0.25, 0.3) is 0 Å². The highest BCUT2D eigenvalue weighted by atomic mass is 35.5. The molecule has 106 valence electrons. The van der Waals surface area contributed by atoms with Crippen molar-refractivity contribution in [1.29, 1.82) is 0 Å². The second kappa shape index (κ2) is 5.31. The zero-order valence-corrected chi connectivity index (χ0v) is 11.9. The SMILES string of the molecule is Nc1nccc(C(F)(F)F)c1-c1c(Cl)cc(Cl)cc1Cl. The van der Waals surface area contributed by atoms with E-state index in [1.54, 1.807) is 0 Å². The fourth-order valence-electron chi connectivity index (χ4n) is 1.76. The summed E-state index contributed by atoms with van der Waals surface area (Å²) >= 11 is 17.6. The molecular formula is C12H6Cl3F3N2. The molecule has 0 aliphatic carbocycles. The van der Waals surface area contributed by atoms with Gasteiger partial charge in [-0.05, 0) is 18.2 Å². The molecule has 20 heavy (non-hydrogen) atoms. The van der Waals surface area contributed by atoms with Crippen molar-refractivity contribution in [3.8, 4) is 11.1 Å². The van der Waals surface area contributed by atoms with Gasteiger partial charge in [0.05, 0.1) is 15.6 Å². The number of anilines is 1. The number of rotatable bonds is 1. The average molecular weight is 342 g/mol. The maximum absolute atomic E-state index is 13.1. The summed E-state index contributed by atoms with van der Waals surface area (Å²) in [6.45, 7) is 0. The van der Waals surface area contributed by atoms with E-state index >= 15 is 0 Å². The summed E-state index contributed by atoms with van der Waals surface area (Å²) in [4.78, 5) is 3.66. The molecule has 1 aromatic carbocycles. The average Bonchev–Trinajstić information content (AvgIpc) is 2.28. The second-order valence-electron chi connectivity index (χ2n) is 3.86. The van der Waals surface area contributed by atoms with Crippen LogP contribution in [0.3, 0.4) is 0 Å². The fourth-order valence-corrected chi connectivity index (χ4v) is 2.76. The number of nitrogens with zero attached hydrogens (tertiary/aromatic N) is 1. The third kappa shape index (κ3) is 2.80. The van der Waals surface area contributed by atoms with Gasteiger partial charge >= 0.3 is 6.18 Å². The van der Waals surface area contributed by atoms with Crippen LogP contribution in [0.25, 0.3) is 11.1 Å². The van der Waals surface area contributed by atoms with Crippen LogP contribution in [-0.2, 0) is 6.18 Å². The van der Waals surface area contributed by atoms with E-state index in [0.717, 1.165) is 12.3 Å². The van der Waals surface area contributed by atoms with Crippen molar-refractivity contribution in [2.75, 3.05) is 5.73 Å². The van der Waals surface area contributed by atoms with Gasteiger partial charge in [-0.1, -0.05) is 34.8 Å². The maximum Gasteiger partial charge on any atom is 0.417 e. The summed E-state index contributed by atoms with van der Waals surface area (Å²) in [6, 6.07) is 3.39. The van der Waals surface area contributed by atoms with Crippen LogP contribution in [-0.4, -0.2) is 4.98 Å². The first kappa shape index (κ1) is 15.2. The summed E-state index contributed by atoms with van der Waals surface area (Å²) < 4.78 is 39.2. The molecule has 0 unspecified atom stereocenters. The quantitative estimate of drug-likeness (QED) is 0.763. The van der Waals surface area contributed by atoms with Crippen molar-refractivity contribution < 1.29 is 13.2 Å². The van der Waals surface area contributed by atoms with E-state index in [0.29, 0.717) is 0 Å². The molecule has 0 bridgehead atoms. The topological polar surface area (TPSA) is 38.9 Å². The van der Waals surface area contributed by atoms with Crippen LogP contribution in [0, 0.1) is 0 Å². The molecule has 0 radical (unpaired) electrons. The number of hydrogen-bond donors (Lipinski definition) is 1. The van der Waals surface area contributed by atoms with E-state index in [9.17, 15) is 13.2 Å². The van der Waals surface area contributed by atoms with E-state index in [1.165, 1.54) is 12.1 Å². The van der Waals surface area contributed by atoms with Crippen molar-refractivity contribution >= 4 is 40.6 Å². The van der Waals surface area contributed by atoms with E-state index in [2.05, 4.69) is 4.98 Å². The Morgan fingerprint density at radius 1 is 1.00 bits per heavy atom. The monoisotopic (exact) mass is 340 g/mol. The molecule has 0 saturated heterocycles. The van der Waals surface area contributed by atoms with E-state index in [1.807, 2.05) is 0 Å². The van der Waals surface area contributed by atoms with Crippen LogP contribution in [0.5, 0.6) is 0 Å². The normalized spacial score (nSPS) is 11.7. The molecule has 0 saturated carbocycles. The number of halogens is 6. The second-order valence-corrected chi connectivity index (χ2v) is 5.11. The van der Waals surface area contributed by atoms with Crippen LogP contribution in [0.2, 0.25) is 15.1 Å². The molecule has 2 nitrogen and oxygen atoms in total. The first-order valence-corrected chi connectivity index (χ1v) is 6.31. The Morgan fingerprint density at radius 3 is 2.05 bits per heavy atom. The zero-order valence-electron chi connectivity index (χ0n) is 9.60. The van der Waals surface area contributed by atoms with E-state index < -0.39 is 11.7 Å². The maximum atomic E-state index is 13.1. The Balaban J connectivity index is 2.83. The summed E-state index contributed by atoms with van der Waals surface area (Å²) in [7, 11) is 0. The molecule has 0 fully saturated rings. The molecule has 0 spiro atoms. The lowest BCUT2D eigenvalue weighted by Gasteiger charge is -2.16. The van der Waals surface area contributed by atoms with Gasteiger partial charge in [-0.25, -0.2) is 4.98 Å². The predicted molar refractivity (Wildman–Crippen MR) is 74.1 cm³/mol. The lowest BCUT2D eigenvalue weighted by Crippen LogP contribution is -2.10. The minimum absolute atomic E-state index is 0.0345. The van der Waals surface area contributed by atoms with Crippen LogP contribution in [0.4, 0.5) is 19.0 Å². The Morgan fingerprint density at radius 2 is 1.55 bits per heavy atom. The Hall–Kier alpha value is -1.17. The van der Waals surface area contributed by atoms with Crippen molar-refractivity contribution in [1.82, 2.24) is 4.98 Å². The van der Waals surface area contributed by atoms with Crippen LogP contribution in [0.1, 0.15) is 5.56 Å². The molecule has 1 aromatic heterocycles. The molecular weight excluding hydrogens is 335 g/mol. The fraction of sp³-hybridized carbons (Fsp3) is 0.0833. The largest absolute Gasteiger partial charge is 0.417 e.